The number of aryl methyl sites for hydroxylation is 1. The first-order chi connectivity index (χ1) is 8.77. The summed E-state index contributed by atoms with van der Waals surface area (Å²) in [5.74, 6) is 0.0505. The zero-order valence-electron chi connectivity index (χ0n) is 11.1. The van der Waals surface area contributed by atoms with Crippen molar-refractivity contribution in [1.82, 2.24) is 10.2 Å². The van der Waals surface area contributed by atoms with Gasteiger partial charge in [0.25, 0.3) is 5.91 Å². The second-order valence-corrected chi connectivity index (χ2v) is 4.97. The number of nitrogens with one attached hydrogen (secondary N) is 1. The second-order valence-electron chi connectivity index (χ2n) is 4.97. The molecule has 0 unspecified atom stereocenters. The van der Waals surface area contributed by atoms with Crippen molar-refractivity contribution in [2.75, 3.05) is 26.2 Å². The van der Waals surface area contributed by atoms with Crippen LogP contribution in [0.3, 0.4) is 0 Å². The van der Waals surface area contributed by atoms with Crippen molar-refractivity contribution in [1.29, 1.82) is 0 Å². The summed E-state index contributed by atoms with van der Waals surface area (Å²) < 4.78 is 0. The lowest BCUT2D eigenvalue weighted by Crippen LogP contribution is -2.29. The third kappa shape index (κ3) is 3.57. The third-order valence-electron chi connectivity index (χ3n) is 3.53. The van der Waals surface area contributed by atoms with Gasteiger partial charge in [0.05, 0.1) is 0 Å². The second kappa shape index (κ2) is 6.55. The van der Waals surface area contributed by atoms with Gasteiger partial charge in [-0.15, -0.1) is 0 Å². The number of carbonyl (C=O) groups excluding carboxylic acids is 1. The highest BCUT2D eigenvalue weighted by Gasteiger charge is 2.11. The van der Waals surface area contributed by atoms with E-state index in [0.29, 0.717) is 0 Å². The van der Waals surface area contributed by atoms with Crippen molar-refractivity contribution >= 4 is 5.91 Å². The first-order valence-corrected chi connectivity index (χ1v) is 6.83. The van der Waals surface area contributed by atoms with Crippen LogP contribution in [0.2, 0.25) is 0 Å². The monoisotopic (exact) mass is 246 g/mol. The van der Waals surface area contributed by atoms with Gasteiger partial charge in [-0.3, -0.25) is 4.79 Å². The van der Waals surface area contributed by atoms with E-state index in [0.717, 1.165) is 30.6 Å². The summed E-state index contributed by atoms with van der Waals surface area (Å²) in [5.41, 5.74) is 1.83. The molecule has 1 fully saturated rings. The lowest BCUT2D eigenvalue weighted by molar-refractivity contribution is 0.0951. The molecule has 1 amide bonds. The fourth-order valence-electron chi connectivity index (χ4n) is 2.43. The first-order valence-electron chi connectivity index (χ1n) is 6.83. The molecule has 0 radical (unpaired) electrons. The van der Waals surface area contributed by atoms with E-state index in [2.05, 4.69) is 10.2 Å². The Hall–Kier alpha value is -1.35. The maximum Gasteiger partial charge on any atom is 0.251 e. The molecular formula is C15H22N2O. The number of rotatable bonds is 5. The molecule has 1 saturated heterocycles. The van der Waals surface area contributed by atoms with Crippen LogP contribution in [0.1, 0.15) is 35.2 Å². The summed E-state index contributed by atoms with van der Waals surface area (Å²) in [6.45, 7) is 6.30. The van der Waals surface area contributed by atoms with Crippen molar-refractivity contribution < 1.29 is 4.79 Å². The SMILES string of the molecule is Cc1ccccc1C(=O)NCCCN1CCCC1. The average Bonchev–Trinajstić information content (AvgIpc) is 2.88. The van der Waals surface area contributed by atoms with Crippen LogP contribution >= 0.6 is 0 Å². The van der Waals surface area contributed by atoms with E-state index >= 15 is 0 Å². The predicted molar refractivity (Wildman–Crippen MR) is 73.8 cm³/mol. The number of likely N-dealkylation sites (tertiary alicyclic amines) is 1. The van der Waals surface area contributed by atoms with E-state index in [9.17, 15) is 4.79 Å². The molecule has 0 saturated carbocycles. The van der Waals surface area contributed by atoms with Crippen LogP contribution in [0.25, 0.3) is 0 Å². The molecule has 0 aliphatic carbocycles. The molecule has 1 aliphatic heterocycles. The molecular weight excluding hydrogens is 224 g/mol. The largest absolute Gasteiger partial charge is 0.352 e. The number of hydrogen-bond acceptors (Lipinski definition) is 2. The molecule has 1 N–H and O–H groups in total. The third-order valence-corrected chi connectivity index (χ3v) is 3.53. The number of hydrogen-bond donors (Lipinski definition) is 1. The summed E-state index contributed by atoms with van der Waals surface area (Å²) >= 11 is 0. The van der Waals surface area contributed by atoms with Gasteiger partial charge in [-0.25, -0.2) is 0 Å². The zero-order valence-corrected chi connectivity index (χ0v) is 11.1. The van der Waals surface area contributed by atoms with Crippen LogP contribution in [-0.2, 0) is 0 Å². The molecule has 0 atom stereocenters. The van der Waals surface area contributed by atoms with Crippen molar-refractivity contribution in [2.45, 2.75) is 26.2 Å². The molecule has 1 aromatic rings. The zero-order chi connectivity index (χ0) is 12.8. The van der Waals surface area contributed by atoms with E-state index in [4.69, 9.17) is 0 Å². The van der Waals surface area contributed by atoms with Gasteiger partial charge in [-0.05, 0) is 57.5 Å². The smallest absolute Gasteiger partial charge is 0.251 e. The van der Waals surface area contributed by atoms with Crippen molar-refractivity contribution in [3.8, 4) is 0 Å². The summed E-state index contributed by atoms with van der Waals surface area (Å²) in [6.07, 6.45) is 3.70. The summed E-state index contributed by atoms with van der Waals surface area (Å²) in [4.78, 5) is 14.4. The topological polar surface area (TPSA) is 32.3 Å². The van der Waals surface area contributed by atoms with Crippen LogP contribution in [0, 0.1) is 6.92 Å². The first kappa shape index (κ1) is 13.1. The van der Waals surface area contributed by atoms with E-state index in [1.165, 1.54) is 25.9 Å². The van der Waals surface area contributed by atoms with E-state index in [1.807, 2.05) is 31.2 Å². The summed E-state index contributed by atoms with van der Waals surface area (Å²) in [6, 6.07) is 7.72. The molecule has 18 heavy (non-hydrogen) atoms. The van der Waals surface area contributed by atoms with Gasteiger partial charge in [-0.2, -0.15) is 0 Å². The van der Waals surface area contributed by atoms with Crippen molar-refractivity contribution in [3.63, 3.8) is 0 Å². The maximum atomic E-state index is 11.9. The molecule has 1 aromatic carbocycles. The number of carbonyl (C=O) groups is 1. The van der Waals surface area contributed by atoms with E-state index in [1.54, 1.807) is 0 Å². The van der Waals surface area contributed by atoms with Gasteiger partial charge >= 0.3 is 0 Å². The highest BCUT2D eigenvalue weighted by molar-refractivity contribution is 5.95. The van der Waals surface area contributed by atoms with Gasteiger partial charge in [0.15, 0.2) is 0 Å². The highest BCUT2D eigenvalue weighted by Crippen LogP contribution is 2.08. The van der Waals surface area contributed by atoms with Gasteiger partial charge < -0.3 is 10.2 Å². The Morgan fingerprint density at radius 2 is 2.00 bits per heavy atom. The molecule has 0 spiro atoms. The average molecular weight is 246 g/mol. The van der Waals surface area contributed by atoms with Crippen molar-refractivity contribution in [2.24, 2.45) is 0 Å². The van der Waals surface area contributed by atoms with E-state index < -0.39 is 0 Å². The van der Waals surface area contributed by atoms with Gasteiger partial charge in [0.1, 0.15) is 0 Å². The summed E-state index contributed by atoms with van der Waals surface area (Å²) in [7, 11) is 0. The fraction of sp³-hybridized carbons (Fsp3) is 0.533. The molecule has 3 nitrogen and oxygen atoms in total. The standard InChI is InChI=1S/C15H22N2O/c1-13-7-2-3-8-14(13)15(18)16-9-6-12-17-10-4-5-11-17/h2-3,7-8H,4-6,9-12H2,1H3,(H,16,18). The minimum Gasteiger partial charge on any atom is -0.352 e. The molecule has 1 aliphatic rings. The Labute approximate surface area is 109 Å². The normalized spacial score (nSPS) is 15.8. The lowest BCUT2D eigenvalue weighted by Gasteiger charge is -2.14. The van der Waals surface area contributed by atoms with E-state index in [-0.39, 0.29) is 5.91 Å². The van der Waals surface area contributed by atoms with Crippen molar-refractivity contribution in [3.05, 3.63) is 35.4 Å². The fourth-order valence-corrected chi connectivity index (χ4v) is 2.43. The molecule has 0 aromatic heterocycles. The van der Waals surface area contributed by atoms with Crippen LogP contribution in [0.15, 0.2) is 24.3 Å². The lowest BCUT2D eigenvalue weighted by atomic mass is 10.1. The minimum absolute atomic E-state index is 0.0505. The highest BCUT2D eigenvalue weighted by atomic mass is 16.1. The van der Waals surface area contributed by atoms with Crippen LogP contribution in [0.4, 0.5) is 0 Å². The summed E-state index contributed by atoms with van der Waals surface area (Å²) in [5, 5.41) is 3.00. The Kier molecular flexibility index (Phi) is 4.76. The quantitative estimate of drug-likeness (QED) is 0.808. The number of nitrogens with zero attached hydrogens (tertiary/aromatic N) is 1. The number of benzene rings is 1. The van der Waals surface area contributed by atoms with Gasteiger partial charge in [0, 0.05) is 12.1 Å². The minimum atomic E-state index is 0.0505. The van der Waals surface area contributed by atoms with Gasteiger partial charge in [-0.1, -0.05) is 18.2 Å². The van der Waals surface area contributed by atoms with Crippen LogP contribution in [-0.4, -0.2) is 37.0 Å². The molecule has 2 rings (SSSR count). The molecule has 1 heterocycles. The Morgan fingerprint density at radius 3 is 2.72 bits per heavy atom. The maximum absolute atomic E-state index is 11.9. The van der Waals surface area contributed by atoms with Gasteiger partial charge in [0.2, 0.25) is 0 Å². The molecule has 98 valence electrons. The Morgan fingerprint density at radius 1 is 1.28 bits per heavy atom. The van der Waals surface area contributed by atoms with Crippen LogP contribution in [0.5, 0.6) is 0 Å². The van der Waals surface area contributed by atoms with Crippen LogP contribution < -0.4 is 5.32 Å². The number of amides is 1. The Bertz CT molecular complexity index is 397. The predicted octanol–water partition coefficient (Wildman–Crippen LogP) is 2.21. The molecule has 0 bridgehead atoms. The Balaban J connectivity index is 1.70. The molecule has 3 heteroatoms.